The van der Waals surface area contributed by atoms with Crippen molar-refractivity contribution in [2.45, 2.75) is 12.8 Å². The minimum Gasteiger partial charge on any atom is -0.426 e. The van der Waals surface area contributed by atoms with Crippen LogP contribution in [0.4, 0.5) is 0 Å². The smallest absolute Gasteiger partial charge is 0.343 e. The summed E-state index contributed by atoms with van der Waals surface area (Å²) in [6.07, 6.45) is 5.29. The van der Waals surface area contributed by atoms with E-state index in [0.717, 1.165) is 5.39 Å². The van der Waals surface area contributed by atoms with Gasteiger partial charge in [0.25, 0.3) is 0 Å². The SMILES string of the molecule is C#CC(C)c1cc2ccccc2c(=O)o1. The highest BCUT2D eigenvalue weighted by Gasteiger charge is 2.08. The van der Waals surface area contributed by atoms with Gasteiger partial charge in [-0.25, -0.2) is 4.79 Å². The zero-order valence-corrected chi connectivity index (χ0v) is 8.36. The van der Waals surface area contributed by atoms with E-state index in [0.29, 0.717) is 11.1 Å². The summed E-state index contributed by atoms with van der Waals surface area (Å²) in [4.78, 5) is 11.6. The van der Waals surface area contributed by atoms with Crippen LogP contribution in [0.25, 0.3) is 10.8 Å². The zero-order chi connectivity index (χ0) is 10.8. The standard InChI is InChI=1S/C13H10O2/c1-3-9(2)12-8-10-6-4-5-7-11(10)13(14)15-12/h1,4-9H,2H3. The summed E-state index contributed by atoms with van der Waals surface area (Å²) in [6.45, 7) is 1.83. The first-order valence-corrected chi connectivity index (χ1v) is 4.71. The Morgan fingerprint density at radius 2 is 2.13 bits per heavy atom. The van der Waals surface area contributed by atoms with Crippen molar-refractivity contribution in [2.24, 2.45) is 0 Å². The quantitative estimate of drug-likeness (QED) is 0.659. The Bertz CT molecular complexity index is 587. The lowest BCUT2D eigenvalue weighted by atomic mass is 10.1. The van der Waals surface area contributed by atoms with E-state index in [1.54, 1.807) is 6.07 Å². The first kappa shape index (κ1) is 9.54. The van der Waals surface area contributed by atoms with E-state index >= 15 is 0 Å². The van der Waals surface area contributed by atoms with Crippen LogP contribution in [0.2, 0.25) is 0 Å². The second-order valence-electron chi connectivity index (χ2n) is 3.41. The molecular formula is C13H10O2. The van der Waals surface area contributed by atoms with Gasteiger partial charge in [-0.05, 0) is 24.4 Å². The van der Waals surface area contributed by atoms with E-state index in [1.165, 1.54) is 0 Å². The lowest BCUT2D eigenvalue weighted by Gasteiger charge is -2.03. The van der Waals surface area contributed by atoms with E-state index in [9.17, 15) is 4.79 Å². The summed E-state index contributed by atoms with van der Waals surface area (Å²) in [5, 5.41) is 1.45. The molecule has 2 nitrogen and oxygen atoms in total. The normalized spacial score (nSPS) is 12.3. The maximum Gasteiger partial charge on any atom is 0.343 e. The molecule has 0 radical (unpaired) electrons. The van der Waals surface area contributed by atoms with Crippen LogP contribution in [0.1, 0.15) is 18.6 Å². The summed E-state index contributed by atoms with van der Waals surface area (Å²) in [6, 6.07) is 9.13. The Balaban J connectivity index is 2.74. The van der Waals surface area contributed by atoms with E-state index in [-0.39, 0.29) is 11.5 Å². The maximum atomic E-state index is 11.6. The molecule has 0 amide bonds. The lowest BCUT2D eigenvalue weighted by Crippen LogP contribution is -2.03. The molecule has 1 unspecified atom stereocenters. The van der Waals surface area contributed by atoms with Gasteiger partial charge in [0.05, 0.1) is 11.3 Å². The molecule has 15 heavy (non-hydrogen) atoms. The number of benzene rings is 1. The Kier molecular flexibility index (Phi) is 2.31. The molecule has 1 aromatic heterocycles. The Labute approximate surface area is 87.5 Å². The Morgan fingerprint density at radius 3 is 2.87 bits per heavy atom. The summed E-state index contributed by atoms with van der Waals surface area (Å²) in [5.41, 5.74) is -0.329. The third-order valence-electron chi connectivity index (χ3n) is 2.37. The summed E-state index contributed by atoms with van der Waals surface area (Å²) in [5.74, 6) is 2.90. The van der Waals surface area contributed by atoms with Gasteiger partial charge in [-0.2, -0.15) is 0 Å². The van der Waals surface area contributed by atoms with Crippen molar-refractivity contribution in [3.63, 3.8) is 0 Å². The third-order valence-corrected chi connectivity index (χ3v) is 2.37. The van der Waals surface area contributed by atoms with Crippen LogP contribution in [0.15, 0.2) is 39.5 Å². The van der Waals surface area contributed by atoms with Crippen molar-refractivity contribution >= 4 is 10.8 Å². The molecule has 2 heteroatoms. The first-order chi connectivity index (χ1) is 7.22. The van der Waals surface area contributed by atoms with Crippen LogP contribution < -0.4 is 5.63 Å². The molecule has 74 valence electrons. The van der Waals surface area contributed by atoms with Crippen molar-refractivity contribution < 1.29 is 4.42 Å². The minimum atomic E-state index is -0.329. The third kappa shape index (κ3) is 1.64. The zero-order valence-electron chi connectivity index (χ0n) is 8.36. The van der Waals surface area contributed by atoms with Crippen molar-refractivity contribution in [1.82, 2.24) is 0 Å². The van der Waals surface area contributed by atoms with Crippen LogP contribution in [0.3, 0.4) is 0 Å². The molecule has 2 rings (SSSR count). The van der Waals surface area contributed by atoms with Crippen molar-refractivity contribution in [2.75, 3.05) is 0 Å². The average molecular weight is 198 g/mol. The molecule has 1 aromatic carbocycles. The summed E-state index contributed by atoms with van der Waals surface area (Å²) in [7, 11) is 0. The topological polar surface area (TPSA) is 30.2 Å². The van der Waals surface area contributed by atoms with Crippen LogP contribution in [0.5, 0.6) is 0 Å². The van der Waals surface area contributed by atoms with Crippen molar-refractivity contribution in [3.8, 4) is 12.3 Å². The van der Waals surface area contributed by atoms with Gasteiger partial charge in [-0.1, -0.05) is 24.1 Å². The molecular weight excluding hydrogens is 188 g/mol. The molecule has 0 aliphatic carbocycles. The maximum absolute atomic E-state index is 11.6. The number of fused-ring (bicyclic) bond motifs is 1. The molecule has 0 bridgehead atoms. The van der Waals surface area contributed by atoms with Crippen LogP contribution in [0, 0.1) is 12.3 Å². The molecule has 2 aromatic rings. The van der Waals surface area contributed by atoms with Gasteiger partial charge in [0, 0.05) is 0 Å². The van der Waals surface area contributed by atoms with Gasteiger partial charge >= 0.3 is 5.63 Å². The van der Waals surface area contributed by atoms with Gasteiger partial charge in [0.2, 0.25) is 0 Å². The van der Waals surface area contributed by atoms with Crippen LogP contribution >= 0.6 is 0 Å². The van der Waals surface area contributed by atoms with Gasteiger partial charge in [0.1, 0.15) is 5.76 Å². The fourth-order valence-electron chi connectivity index (χ4n) is 1.45. The van der Waals surface area contributed by atoms with Gasteiger partial charge in [-0.15, -0.1) is 6.42 Å². The van der Waals surface area contributed by atoms with Crippen molar-refractivity contribution in [1.29, 1.82) is 0 Å². The second-order valence-corrected chi connectivity index (χ2v) is 3.41. The molecule has 0 fully saturated rings. The molecule has 0 saturated heterocycles. The molecule has 1 atom stereocenters. The molecule has 1 heterocycles. The van der Waals surface area contributed by atoms with E-state index in [4.69, 9.17) is 10.8 Å². The Hall–Kier alpha value is -2.01. The Morgan fingerprint density at radius 1 is 1.40 bits per heavy atom. The number of hydrogen-bond acceptors (Lipinski definition) is 2. The van der Waals surface area contributed by atoms with Gasteiger partial charge < -0.3 is 4.42 Å². The fourth-order valence-corrected chi connectivity index (χ4v) is 1.45. The largest absolute Gasteiger partial charge is 0.426 e. The number of rotatable bonds is 1. The second kappa shape index (κ2) is 3.62. The number of hydrogen-bond donors (Lipinski definition) is 0. The van der Waals surface area contributed by atoms with Crippen LogP contribution in [-0.2, 0) is 0 Å². The van der Waals surface area contributed by atoms with Gasteiger partial charge in [-0.3, -0.25) is 0 Å². The monoisotopic (exact) mass is 198 g/mol. The van der Waals surface area contributed by atoms with E-state index in [1.807, 2.05) is 31.2 Å². The summed E-state index contributed by atoms with van der Waals surface area (Å²) >= 11 is 0. The highest BCUT2D eigenvalue weighted by molar-refractivity contribution is 5.81. The predicted molar refractivity (Wildman–Crippen MR) is 59.7 cm³/mol. The molecule has 0 spiro atoms. The van der Waals surface area contributed by atoms with E-state index in [2.05, 4.69) is 5.92 Å². The average Bonchev–Trinajstić information content (AvgIpc) is 2.28. The van der Waals surface area contributed by atoms with Crippen LogP contribution in [-0.4, -0.2) is 0 Å². The van der Waals surface area contributed by atoms with Crippen molar-refractivity contribution in [3.05, 3.63) is 46.5 Å². The summed E-state index contributed by atoms with van der Waals surface area (Å²) < 4.78 is 5.15. The van der Waals surface area contributed by atoms with Gasteiger partial charge in [0.15, 0.2) is 0 Å². The number of terminal acetylenes is 1. The predicted octanol–water partition coefficient (Wildman–Crippen LogP) is 2.53. The molecule has 0 N–H and O–H groups in total. The fraction of sp³-hybridized carbons (Fsp3) is 0.154. The lowest BCUT2D eigenvalue weighted by molar-refractivity contribution is 0.461. The molecule has 0 saturated carbocycles. The molecule has 0 aliphatic heterocycles. The highest BCUT2D eigenvalue weighted by atomic mass is 16.4. The molecule has 0 aliphatic rings. The minimum absolute atomic E-state index is 0.178. The van der Waals surface area contributed by atoms with E-state index < -0.39 is 0 Å². The highest BCUT2D eigenvalue weighted by Crippen LogP contribution is 2.17. The first-order valence-electron chi connectivity index (χ1n) is 4.71.